The van der Waals surface area contributed by atoms with Crippen LogP contribution in [0.1, 0.15) is 46.0 Å². The van der Waals surface area contributed by atoms with Crippen LogP contribution in [0.25, 0.3) is 0 Å². The maximum absolute atomic E-state index is 12.0. The Morgan fingerprint density at radius 2 is 2.11 bits per heavy atom. The first kappa shape index (κ1) is 15.0. The Balaban J connectivity index is 2.47. The molecule has 0 aromatic rings. The van der Waals surface area contributed by atoms with E-state index in [0.717, 1.165) is 25.8 Å². The fraction of sp³-hybridized carbons (Fsp3) is 0.846. The van der Waals surface area contributed by atoms with Gasteiger partial charge in [0, 0.05) is 19.0 Å². The molecule has 1 amide bonds. The first-order valence-electron chi connectivity index (χ1n) is 6.63. The van der Waals surface area contributed by atoms with E-state index in [9.17, 15) is 9.59 Å². The van der Waals surface area contributed by atoms with Crippen molar-refractivity contribution in [2.75, 3.05) is 13.2 Å². The molecule has 5 heteroatoms. The number of carbonyl (C=O) groups excluding carboxylic acids is 1. The molecule has 1 aliphatic heterocycles. The molecule has 0 spiro atoms. The summed E-state index contributed by atoms with van der Waals surface area (Å²) in [6.07, 6.45) is 3.68. The third-order valence-corrected chi connectivity index (χ3v) is 3.18. The molecule has 0 aromatic carbocycles. The molecule has 18 heavy (non-hydrogen) atoms. The molecule has 1 heterocycles. The van der Waals surface area contributed by atoms with Crippen LogP contribution in [0.5, 0.6) is 0 Å². The van der Waals surface area contributed by atoms with Crippen molar-refractivity contribution in [1.29, 1.82) is 0 Å². The minimum absolute atomic E-state index is 0.0150. The van der Waals surface area contributed by atoms with Crippen LogP contribution in [-0.2, 0) is 14.3 Å². The number of ether oxygens (including phenoxy) is 1. The molecule has 0 unspecified atom stereocenters. The zero-order chi connectivity index (χ0) is 13.5. The van der Waals surface area contributed by atoms with Gasteiger partial charge in [0.2, 0.25) is 5.91 Å². The molecular weight excluding hydrogens is 234 g/mol. The summed E-state index contributed by atoms with van der Waals surface area (Å²) in [5.74, 6) is -0.815. The molecule has 104 valence electrons. The lowest BCUT2D eigenvalue weighted by Crippen LogP contribution is -2.45. The Morgan fingerprint density at radius 3 is 2.72 bits per heavy atom. The van der Waals surface area contributed by atoms with Crippen molar-refractivity contribution in [2.24, 2.45) is 0 Å². The standard InChI is InChI=1S/C13H23NO4/c1-10(2)18-9-12(15)14-8-4-3-5-11(14)6-7-13(16)17/h10-11H,3-9H2,1-2H3,(H,16,17)/t11-/m0/s1. The van der Waals surface area contributed by atoms with E-state index in [1.54, 1.807) is 4.90 Å². The SMILES string of the molecule is CC(C)OCC(=O)N1CCCC[C@H]1CCC(=O)O. The predicted molar refractivity (Wildman–Crippen MR) is 67.3 cm³/mol. The second kappa shape index (κ2) is 7.36. The first-order valence-corrected chi connectivity index (χ1v) is 6.63. The zero-order valence-electron chi connectivity index (χ0n) is 11.2. The molecule has 1 aliphatic rings. The second-order valence-corrected chi connectivity index (χ2v) is 5.03. The van der Waals surface area contributed by atoms with Gasteiger partial charge in [-0.25, -0.2) is 0 Å². The highest BCUT2D eigenvalue weighted by molar-refractivity contribution is 5.78. The molecule has 1 N–H and O–H groups in total. The molecule has 0 aromatic heterocycles. The monoisotopic (exact) mass is 257 g/mol. The normalized spacial score (nSPS) is 20.2. The highest BCUT2D eigenvalue weighted by Gasteiger charge is 2.26. The van der Waals surface area contributed by atoms with Gasteiger partial charge < -0.3 is 14.7 Å². The van der Waals surface area contributed by atoms with Gasteiger partial charge in [-0.2, -0.15) is 0 Å². The Labute approximate surface area is 108 Å². The minimum Gasteiger partial charge on any atom is -0.481 e. The molecule has 1 saturated heterocycles. The van der Waals surface area contributed by atoms with Gasteiger partial charge in [0.1, 0.15) is 6.61 Å². The summed E-state index contributed by atoms with van der Waals surface area (Å²) in [4.78, 5) is 24.4. The molecule has 0 radical (unpaired) electrons. The smallest absolute Gasteiger partial charge is 0.303 e. The number of piperidine rings is 1. The third-order valence-electron chi connectivity index (χ3n) is 3.18. The lowest BCUT2D eigenvalue weighted by Gasteiger charge is -2.35. The van der Waals surface area contributed by atoms with Gasteiger partial charge in [0.25, 0.3) is 0 Å². The van der Waals surface area contributed by atoms with E-state index in [1.165, 1.54) is 0 Å². The fourth-order valence-corrected chi connectivity index (χ4v) is 2.24. The van der Waals surface area contributed by atoms with E-state index in [-0.39, 0.29) is 31.1 Å². The first-order chi connectivity index (χ1) is 8.50. The van der Waals surface area contributed by atoms with Crippen LogP contribution >= 0.6 is 0 Å². The van der Waals surface area contributed by atoms with E-state index < -0.39 is 5.97 Å². The molecule has 0 bridgehead atoms. The van der Waals surface area contributed by atoms with Gasteiger partial charge in [-0.05, 0) is 39.5 Å². The van der Waals surface area contributed by atoms with Crippen molar-refractivity contribution < 1.29 is 19.4 Å². The number of rotatable bonds is 6. The number of carboxylic acids is 1. The quantitative estimate of drug-likeness (QED) is 0.785. The molecule has 1 rings (SSSR count). The van der Waals surface area contributed by atoms with Gasteiger partial charge in [-0.15, -0.1) is 0 Å². The van der Waals surface area contributed by atoms with Gasteiger partial charge in [-0.1, -0.05) is 0 Å². The van der Waals surface area contributed by atoms with Crippen LogP contribution in [0.2, 0.25) is 0 Å². The van der Waals surface area contributed by atoms with Crippen LogP contribution in [-0.4, -0.2) is 47.2 Å². The average Bonchev–Trinajstić information content (AvgIpc) is 2.33. The van der Waals surface area contributed by atoms with Crippen LogP contribution < -0.4 is 0 Å². The summed E-state index contributed by atoms with van der Waals surface area (Å²) in [5, 5.41) is 8.72. The minimum atomic E-state index is -0.800. The van der Waals surface area contributed by atoms with Crippen molar-refractivity contribution in [3.05, 3.63) is 0 Å². The third kappa shape index (κ3) is 5.04. The van der Waals surface area contributed by atoms with Gasteiger partial charge in [0.15, 0.2) is 0 Å². The highest BCUT2D eigenvalue weighted by atomic mass is 16.5. The number of carbonyl (C=O) groups is 2. The zero-order valence-corrected chi connectivity index (χ0v) is 11.2. The summed E-state index contributed by atoms with van der Waals surface area (Å²) in [7, 11) is 0. The lowest BCUT2D eigenvalue weighted by molar-refractivity contribution is -0.143. The Kier molecular flexibility index (Phi) is 6.12. The molecule has 0 aliphatic carbocycles. The number of hydrogen-bond acceptors (Lipinski definition) is 3. The Morgan fingerprint density at radius 1 is 1.39 bits per heavy atom. The predicted octanol–water partition coefficient (Wildman–Crippen LogP) is 1.66. The molecule has 1 fully saturated rings. The van der Waals surface area contributed by atoms with Crippen LogP contribution in [0.15, 0.2) is 0 Å². The van der Waals surface area contributed by atoms with Gasteiger partial charge >= 0.3 is 5.97 Å². The van der Waals surface area contributed by atoms with Crippen LogP contribution in [0.4, 0.5) is 0 Å². The Hall–Kier alpha value is -1.10. The topological polar surface area (TPSA) is 66.8 Å². The van der Waals surface area contributed by atoms with Crippen molar-refractivity contribution in [2.45, 2.75) is 58.1 Å². The van der Waals surface area contributed by atoms with Gasteiger partial charge in [0.05, 0.1) is 6.10 Å². The molecule has 5 nitrogen and oxygen atoms in total. The molecule has 1 atom stereocenters. The number of nitrogens with zero attached hydrogens (tertiary/aromatic N) is 1. The van der Waals surface area contributed by atoms with Crippen LogP contribution in [0, 0.1) is 0 Å². The van der Waals surface area contributed by atoms with Crippen molar-refractivity contribution >= 4 is 11.9 Å². The largest absolute Gasteiger partial charge is 0.481 e. The van der Waals surface area contributed by atoms with E-state index >= 15 is 0 Å². The van der Waals surface area contributed by atoms with E-state index in [2.05, 4.69) is 0 Å². The summed E-state index contributed by atoms with van der Waals surface area (Å²) in [5.41, 5.74) is 0. The highest BCUT2D eigenvalue weighted by Crippen LogP contribution is 2.21. The van der Waals surface area contributed by atoms with E-state index in [1.807, 2.05) is 13.8 Å². The Bertz CT molecular complexity index is 291. The molecular formula is C13H23NO4. The maximum Gasteiger partial charge on any atom is 0.303 e. The number of hydrogen-bond donors (Lipinski definition) is 1. The van der Waals surface area contributed by atoms with Crippen molar-refractivity contribution in [3.8, 4) is 0 Å². The number of amides is 1. The lowest BCUT2D eigenvalue weighted by atomic mass is 9.98. The number of likely N-dealkylation sites (tertiary alicyclic amines) is 1. The average molecular weight is 257 g/mol. The fourth-order valence-electron chi connectivity index (χ4n) is 2.24. The summed E-state index contributed by atoms with van der Waals surface area (Å²) in [6, 6.07) is 0.0677. The van der Waals surface area contributed by atoms with Crippen molar-refractivity contribution in [3.63, 3.8) is 0 Å². The number of aliphatic carboxylic acids is 1. The van der Waals surface area contributed by atoms with E-state index in [0.29, 0.717) is 6.42 Å². The van der Waals surface area contributed by atoms with Crippen LogP contribution in [0.3, 0.4) is 0 Å². The summed E-state index contributed by atoms with van der Waals surface area (Å²) < 4.78 is 5.32. The maximum atomic E-state index is 12.0. The van der Waals surface area contributed by atoms with E-state index in [4.69, 9.17) is 9.84 Å². The molecule has 0 saturated carbocycles. The number of carboxylic acid groups (broad SMARTS) is 1. The summed E-state index contributed by atoms with van der Waals surface area (Å²) >= 11 is 0. The van der Waals surface area contributed by atoms with Crippen molar-refractivity contribution in [1.82, 2.24) is 4.90 Å². The van der Waals surface area contributed by atoms with Gasteiger partial charge in [-0.3, -0.25) is 9.59 Å². The second-order valence-electron chi connectivity index (χ2n) is 5.03. The summed E-state index contributed by atoms with van der Waals surface area (Å²) in [6.45, 7) is 4.61.